The molecule has 1 saturated heterocycles. The van der Waals surface area contributed by atoms with Crippen molar-refractivity contribution in [3.63, 3.8) is 0 Å². The Kier molecular flexibility index (Phi) is 8.48. The molecule has 1 aliphatic heterocycles. The van der Waals surface area contributed by atoms with Gasteiger partial charge in [0.25, 0.3) is 17.1 Å². The number of hydrogen-bond donors (Lipinski definition) is 1. The van der Waals surface area contributed by atoms with E-state index in [0.717, 1.165) is 17.3 Å². The van der Waals surface area contributed by atoms with Gasteiger partial charge in [-0.25, -0.2) is 0 Å². The van der Waals surface area contributed by atoms with Gasteiger partial charge in [-0.15, -0.1) is 0 Å². The second-order valence-corrected chi connectivity index (χ2v) is 9.10. The standard InChI is InChI=1S/C28H26N2O6S/c1-19-7-6-10-22(15-19)35-14-13-30-27(32)25(37-28(30)33)17-20-11-12-23(24(16-20)34-2)36-18-26(31)29-21-8-4-3-5-9-21/h3-12,15-17H,13-14,18H2,1-2H3,(H,29,31)/b25-17-. The summed E-state index contributed by atoms with van der Waals surface area (Å²) in [7, 11) is 1.48. The number of carbonyl (C=O) groups is 3. The van der Waals surface area contributed by atoms with E-state index in [1.54, 1.807) is 36.4 Å². The number of para-hydroxylation sites is 1. The van der Waals surface area contributed by atoms with Gasteiger partial charge in [-0.2, -0.15) is 0 Å². The Morgan fingerprint density at radius 1 is 0.973 bits per heavy atom. The number of carbonyl (C=O) groups excluding carboxylic acids is 3. The zero-order chi connectivity index (χ0) is 26.2. The number of rotatable bonds is 10. The number of ether oxygens (including phenoxy) is 3. The monoisotopic (exact) mass is 518 g/mol. The second-order valence-electron chi connectivity index (χ2n) is 8.11. The number of amides is 3. The third-order valence-corrected chi connectivity index (χ3v) is 6.26. The Morgan fingerprint density at radius 3 is 2.54 bits per heavy atom. The molecule has 37 heavy (non-hydrogen) atoms. The van der Waals surface area contributed by atoms with Crippen LogP contribution in [-0.2, 0) is 9.59 Å². The SMILES string of the molecule is COc1cc(/C=C2\SC(=O)N(CCOc3cccc(C)c3)C2=O)ccc1OCC(=O)Nc1ccccc1. The number of imide groups is 1. The summed E-state index contributed by atoms with van der Waals surface area (Å²) < 4.78 is 16.7. The maximum absolute atomic E-state index is 12.8. The van der Waals surface area contributed by atoms with Gasteiger partial charge in [0.15, 0.2) is 18.1 Å². The second kappa shape index (κ2) is 12.1. The molecule has 0 atom stereocenters. The van der Waals surface area contributed by atoms with Crippen molar-refractivity contribution < 1.29 is 28.6 Å². The van der Waals surface area contributed by atoms with E-state index in [9.17, 15) is 14.4 Å². The summed E-state index contributed by atoms with van der Waals surface area (Å²) in [4.78, 5) is 38.9. The lowest BCUT2D eigenvalue weighted by Crippen LogP contribution is -2.32. The molecule has 3 amide bonds. The highest BCUT2D eigenvalue weighted by Gasteiger charge is 2.34. The summed E-state index contributed by atoms with van der Waals surface area (Å²) in [5.41, 5.74) is 2.39. The normalized spacial score (nSPS) is 14.1. The minimum atomic E-state index is -0.375. The summed E-state index contributed by atoms with van der Waals surface area (Å²) in [6.07, 6.45) is 1.63. The van der Waals surface area contributed by atoms with Crippen molar-refractivity contribution in [3.05, 3.63) is 88.8 Å². The molecule has 0 bridgehead atoms. The van der Waals surface area contributed by atoms with E-state index in [-0.39, 0.29) is 36.8 Å². The average molecular weight is 519 g/mol. The van der Waals surface area contributed by atoms with Crippen molar-refractivity contribution in [3.8, 4) is 17.2 Å². The molecule has 190 valence electrons. The first-order valence-corrected chi connectivity index (χ1v) is 12.3. The van der Waals surface area contributed by atoms with Crippen LogP contribution < -0.4 is 19.5 Å². The molecule has 3 aromatic rings. The summed E-state index contributed by atoms with van der Waals surface area (Å²) in [5.74, 6) is 0.780. The van der Waals surface area contributed by atoms with Gasteiger partial charge >= 0.3 is 0 Å². The lowest BCUT2D eigenvalue weighted by atomic mass is 10.2. The van der Waals surface area contributed by atoms with Crippen molar-refractivity contribution in [1.29, 1.82) is 0 Å². The topological polar surface area (TPSA) is 94.2 Å². The van der Waals surface area contributed by atoms with Gasteiger partial charge < -0.3 is 19.5 Å². The van der Waals surface area contributed by atoms with Crippen molar-refractivity contribution in [1.82, 2.24) is 4.90 Å². The Morgan fingerprint density at radius 2 is 1.78 bits per heavy atom. The third kappa shape index (κ3) is 6.92. The smallest absolute Gasteiger partial charge is 0.293 e. The number of nitrogens with zero attached hydrogens (tertiary/aromatic N) is 1. The Bertz CT molecular complexity index is 1330. The van der Waals surface area contributed by atoms with E-state index in [0.29, 0.717) is 33.4 Å². The Labute approximate surface area is 219 Å². The van der Waals surface area contributed by atoms with Gasteiger partial charge in [0, 0.05) is 5.69 Å². The summed E-state index contributed by atoms with van der Waals surface area (Å²) in [6.45, 7) is 2.11. The van der Waals surface area contributed by atoms with E-state index in [4.69, 9.17) is 14.2 Å². The highest BCUT2D eigenvalue weighted by atomic mass is 32.2. The Hall–Kier alpha value is -4.24. The molecule has 1 heterocycles. The van der Waals surface area contributed by atoms with Crippen LogP contribution >= 0.6 is 11.8 Å². The summed E-state index contributed by atoms with van der Waals surface area (Å²) in [5, 5.41) is 2.40. The van der Waals surface area contributed by atoms with Crippen molar-refractivity contribution in [2.75, 3.05) is 32.2 Å². The van der Waals surface area contributed by atoms with Crippen LogP contribution in [0.5, 0.6) is 17.2 Å². The van der Waals surface area contributed by atoms with Crippen molar-refractivity contribution in [2.24, 2.45) is 0 Å². The molecule has 1 N–H and O–H groups in total. The summed E-state index contributed by atoms with van der Waals surface area (Å²) >= 11 is 0.876. The van der Waals surface area contributed by atoms with E-state index < -0.39 is 0 Å². The molecule has 0 unspecified atom stereocenters. The van der Waals surface area contributed by atoms with Crippen LogP contribution in [0.1, 0.15) is 11.1 Å². The predicted octanol–water partition coefficient (Wildman–Crippen LogP) is 5.14. The molecule has 0 aromatic heterocycles. The third-order valence-electron chi connectivity index (χ3n) is 5.35. The fourth-order valence-corrected chi connectivity index (χ4v) is 4.42. The van der Waals surface area contributed by atoms with Gasteiger partial charge in [0.2, 0.25) is 0 Å². The van der Waals surface area contributed by atoms with Gasteiger partial charge in [0.05, 0.1) is 18.6 Å². The molecule has 3 aromatic carbocycles. The maximum Gasteiger partial charge on any atom is 0.293 e. The van der Waals surface area contributed by atoms with Gasteiger partial charge in [0.1, 0.15) is 12.4 Å². The van der Waals surface area contributed by atoms with Crippen LogP contribution in [0, 0.1) is 6.92 Å². The van der Waals surface area contributed by atoms with Crippen LogP contribution in [0.25, 0.3) is 6.08 Å². The van der Waals surface area contributed by atoms with Crippen LogP contribution in [0.15, 0.2) is 77.7 Å². The highest BCUT2D eigenvalue weighted by molar-refractivity contribution is 8.18. The van der Waals surface area contributed by atoms with Crippen molar-refractivity contribution in [2.45, 2.75) is 6.92 Å². The summed E-state index contributed by atoms with van der Waals surface area (Å²) in [6, 6.07) is 21.7. The fourth-order valence-electron chi connectivity index (χ4n) is 3.56. The number of thioether (sulfide) groups is 1. The maximum atomic E-state index is 12.8. The zero-order valence-electron chi connectivity index (χ0n) is 20.4. The molecule has 0 spiro atoms. The van der Waals surface area contributed by atoms with Gasteiger partial charge in [-0.05, 0) is 72.3 Å². The van der Waals surface area contributed by atoms with Crippen LogP contribution in [0.3, 0.4) is 0 Å². The average Bonchev–Trinajstić information content (AvgIpc) is 3.15. The molecular formula is C28H26N2O6S. The first-order chi connectivity index (χ1) is 17.9. The quantitative estimate of drug-likeness (QED) is 0.372. The first-order valence-electron chi connectivity index (χ1n) is 11.5. The molecule has 9 heteroatoms. The number of hydrogen-bond acceptors (Lipinski definition) is 7. The number of nitrogens with one attached hydrogen (secondary N) is 1. The molecule has 1 fully saturated rings. The van der Waals surface area contributed by atoms with E-state index in [2.05, 4.69) is 5.32 Å². The molecule has 0 radical (unpaired) electrons. The lowest BCUT2D eigenvalue weighted by Gasteiger charge is -2.13. The van der Waals surface area contributed by atoms with E-state index >= 15 is 0 Å². The predicted molar refractivity (Wildman–Crippen MR) is 143 cm³/mol. The van der Waals surface area contributed by atoms with Gasteiger partial charge in [-0.1, -0.05) is 36.4 Å². The minimum absolute atomic E-state index is 0.150. The fraction of sp³-hybridized carbons (Fsp3) is 0.179. The van der Waals surface area contributed by atoms with Crippen LogP contribution in [0.2, 0.25) is 0 Å². The molecule has 0 saturated carbocycles. The number of aryl methyl sites for hydroxylation is 1. The molecular weight excluding hydrogens is 492 g/mol. The highest BCUT2D eigenvalue weighted by Crippen LogP contribution is 2.34. The number of anilines is 1. The van der Waals surface area contributed by atoms with E-state index in [1.165, 1.54) is 12.0 Å². The molecule has 0 aliphatic carbocycles. The zero-order valence-corrected chi connectivity index (χ0v) is 21.2. The van der Waals surface area contributed by atoms with Gasteiger partial charge in [-0.3, -0.25) is 19.3 Å². The number of methoxy groups -OCH3 is 1. The van der Waals surface area contributed by atoms with E-state index in [1.807, 2.05) is 49.4 Å². The largest absolute Gasteiger partial charge is 0.493 e. The molecule has 1 aliphatic rings. The molecule has 8 nitrogen and oxygen atoms in total. The van der Waals surface area contributed by atoms with Crippen molar-refractivity contribution >= 4 is 40.6 Å². The van der Waals surface area contributed by atoms with Crippen LogP contribution in [-0.4, -0.2) is 48.8 Å². The minimum Gasteiger partial charge on any atom is -0.493 e. The van der Waals surface area contributed by atoms with Crippen LogP contribution in [0.4, 0.5) is 10.5 Å². The first kappa shape index (κ1) is 25.8. The Balaban J connectivity index is 1.35. The molecule has 4 rings (SSSR count). The lowest BCUT2D eigenvalue weighted by molar-refractivity contribution is -0.123. The number of benzene rings is 3.